The summed E-state index contributed by atoms with van der Waals surface area (Å²) >= 11 is 0. The molecule has 0 bridgehead atoms. The Hall–Kier alpha value is -0.520. The fraction of sp³-hybridized carbons (Fsp3) is 0.286. The Labute approximate surface area is 91.5 Å². The standard InChI is InChI=1S/C7H7F3N2.2ClH/c8-7(9,10)6-4-12-2-1-5(6)3-11;;/h1-2,4H,3,11H2;2*1H. The highest BCUT2D eigenvalue weighted by atomic mass is 35.5. The first-order valence-electron chi connectivity index (χ1n) is 3.26. The van der Waals surface area contributed by atoms with E-state index >= 15 is 0 Å². The third kappa shape index (κ3) is 3.69. The van der Waals surface area contributed by atoms with Crippen LogP contribution in [0.1, 0.15) is 11.1 Å². The van der Waals surface area contributed by atoms with Gasteiger partial charge in [-0.3, -0.25) is 4.98 Å². The Morgan fingerprint density at radius 2 is 1.86 bits per heavy atom. The highest BCUT2D eigenvalue weighted by Gasteiger charge is 2.32. The fourth-order valence-electron chi connectivity index (χ4n) is 0.857. The van der Waals surface area contributed by atoms with E-state index in [0.717, 1.165) is 6.20 Å². The summed E-state index contributed by atoms with van der Waals surface area (Å²) in [6, 6.07) is 1.27. The second-order valence-electron chi connectivity index (χ2n) is 2.23. The largest absolute Gasteiger partial charge is 0.418 e. The first-order valence-corrected chi connectivity index (χ1v) is 3.26. The predicted molar refractivity (Wildman–Crippen MR) is 51.6 cm³/mol. The van der Waals surface area contributed by atoms with Crippen LogP contribution in [0.4, 0.5) is 13.2 Å². The molecule has 0 saturated heterocycles. The minimum absolute atomic E-state index is 0. The Bertz CT molecular complexity index is 278. The third-order valence-electron chi connectivity index (χ3n) is 1.44. The van der Waals surface area contributed by atoms with E-state index in [4.69, 9.17) is 5.73 Å². The average molecular weight is 249 g/mol. The highest BCUT2D eigenvalue weighted by Crippen LogP contribution is 2.30. The molecule has 0 aliphatic carbocycles. The Balaban J connectivity index is 0. The number of hydrogen-bond donors (Lipinski definition) is 1. The van der Waals surface area contributed by atoms with Gasteiger partial charge in [-0.1, -0.05) is 0 Å². The molecule has 0 spiro atoms. The van der Waals surface area contributed by atoms with Gasteiger partial charge >= 0.3 is 6.18 Å². The number of hydrogen-bond acceptors (Lipinski definition) is 2. The molecule has 0 aliphatic rings. The van der Waals surface area contributed by atoms with E-state index in [-0.39, 0.29) is 36.9 Å². The summed E-state index contributed by atoms with van der Waals surface area (Å²) < 4.78 is 36.4. The van der Waals surface area contributed by atoms with Crippen molar-refractivity contribution < 1.29 is 13.2 Å². The molecule has 0 amide bonds. The predicted octanol–water partition coefficient (Wildman–Crippen LogP) is 2.40. The topological polar surface area (TPSA) is 38.9 Å². The molecule has 2 nitrogen and oxygen atoms in total. The van der Waals surface area contributed by atoms with E-state index in [2.05, 4.69) is 4.98 Å². The lowest BCUT2D eigenvalue weighted by molar-refractivity contribution is -0.138. The molecule has 0 unspecified atom stereocenters. The first kappa shape index (κ1) is 15.9. The van der Waals surface area contributed by atoms with E-state index in [1.807, 2.05) is 0 Å². The number of halogens is 5. The maximum Gasteiger partial charge on any atom is 0.418 e. The molecular weight excluding hydrogens is 240 g/mol. The summed E-state index contributed by atoms with van der Waals surface area (Å²) in [7, 11) is 0. The lowest BCUT2D eigenvalue weighted by Crippen LogP contribution is -2.12. The molecule has 0 fully saturated rings. The van der Waals surface area contributed by atoms with Gasteiger partial charge in [0.05, 0.1) is 5.56 Å². The molecule has 0 saturated carbocycles. The van der Waals surface area contributed by atoms with Crippen molar-refractivity contribution in [2.45, 2.75) is 12.7 Å². The van der Waals surface area contributed by atoms with Gasteiger partial charge in [-0.2, -0.15) is 13.2 Å². The quantitative estimate of drug-likeness (QED) is 0.829. The maximum atomic E-state index is 12.1. The summed E-state index contributed by atoms with van der Waals surface area (Å²) in [5.41, 5.74) is 4.43. The zero-order valence-electron chi connectivity index (χ0n) is 6.91. The van der Waals surface area contributed by atoms with Gasteiger partial charge in [0.1, 0.15) is 0 Å². The minimum atomic E-state index is -4.36. The molecule has 0 aromatic carbocycles. The second kappa shape index (κ2) is 6.06. The lowest BCUT2D eigenvalue weighted by Gasteiger charge is -2.09. The molecular formula is C7H9Cl2F3N2. The van der Waals surface area contributed by atoms with Crippen molar-refractivity contribution in [2.75, 3.05) is 0 Å². The van der Waals surface area contributed by atoms with Crippen molar-refractivity contribution in [1.82, 2.24) is 4.98 Å². The van der Waals surface area contributed by atoms with Crippen LogP contribution in [0.25, 0.3) is 0 Å². The van der Waals surface area contributed by atoms with Crippen molar-refractivity contribution >= 4 is 24.8 Å². The van der Waals surface area contributed by atoms with Crippen LogP contribution < -0.4 is 5.73 Å². The normalized spacial score (nSPS) is 10.0. The van der Waals surface area contributed by atoms with Gasteiger partial charge in [-0.05, 0) is 11.6 Å². The Morgan fingerprint density at radius 3 is 2.21 bits per heavy atom. The van der Waals surface area contributed by atoms with Gasteiger partial charge in [0, 0.05) is 18.9 Å². The maximum absolute atomic E-state index is 12.1. The van der Waals surface area contributed by atoms with E-state index in [1.54, 1.807) is 0 Å². The smallest absolute Gasteiger partial charge is 0.326 e. The summed E-state index contributed by atoms with van der Waals surface area (Å²) in [6.07, 6.45) is -2.29. The molecule has 14 heavy (non-hydrogen) atoms. The van der Waals surface area contributed by atoms with Crippen LogP contribution in [0.15, 0.2) is 18.5 Å². The van der Waals surface area contributed by atoms with Gasteiger partial charge < -0.3 is 5.73 Å². The summed E-state index contributed by atoms with van der Waals surface area (Å²) in [4.78, 5) is 3.38. The molecule has 1 aromatic heterocycles. The van der Waals surface area contributed by atoms with Crippen molar-refractivity contribution in [3.8, 4) is 0 Å². The first-order chi connectivity index (χ1) is 5.55. The van der Waals surface area contributed by atoms with Crippen LogP contribution in [0, 0.1) is 0 Å². The number of rotatable bonds is 1. The monoisotopic (exact) mass is 248 g/mol. The highest BCUT2D eigenvalue weighted by molar-refractivity contribution is 5.85. The molecule has 0 radical (unpaired) electrons. The van der Waals surface area contributed by atoms with Gasteiger partial charge in [0.2, 0.25) is 0 Å². The minimum Gasteiger partial charge on any atom is -0.326 e. The van der Waals surface area contributed by atoms with Crippen LogP contribution in [0.2, 0.25) is 0 Å². The van der Waals surface area contributed by atoms with Gasteiger partial charge in [0.25, 0.3) is 0 Å². The molecule has 1 heterocycles. The van der Waals surface area contributed by atoms with Crippen molar-refractivity contribution in [1.29, 1.82) is 0 Å². The zero-order chi connectivity index (χ0) is 9.19. The lowest BCUT2D eigenvalue weighted by atomic mass is 10.1. The number of nitrogens with zero attached hydrogens (tertiary/aromatic N) is 1. The van der Waals surface area contributed by atoms with Crippen LogP contribution in [0.3, 0.4) is 0 Å². The van der Waals surface area contributed by atoms with Crippen molar-refractivity contribution in [3.63, 3.8) is 0 Å². The second-order valence-corrected chi connectivity index (χ2v) is 2.23. The SMILES string of the molecule is Cl.Cl.NCc1ccncc1C(F)(F)F. The summed E-state index contributed by atoms with van der Waals surface area (Å²) in [5.74, 6) is 0. The summed E-state index contributed by atoms with van der Waals surface area (Å²) in [5, 5.41) is 0. The molecule has 82 valence electrons. The number of pyridine rings is 1. The molecule has 1 aromatic rings. The van der Waals surface area contributed by atoms with Crippen LogP contribution >= 0.6 is 24.8 Å². The summed E-state index contributed by atoms with van der Waals surface area (Å²) in [6.45, 7) is -0.128. The van der Waals surface area contributed by atoms with Crippen LogP contribution in [0.5, 0.6) is 0 Å². The Kier molecular flexibility index (Phi) is 6.89. The number of alkyl halides is 3. The van der Waals surface area contributed by atoms with Gasteiger partial charge in [-0.15, -0.1) is 24.8 Å². The van der Waals surface area contributed by atoms with E-state index in [0.29, 0.717) is 0 Å². The van der Waals surface area contributed by atoms with E-state index in [1.165, 1.54) is 12.3 Å². The van der Waals surface area contributed by atoms with E-state index < -0.39 is 11.7 Å². The molecule has 0 aliphatic heterocycles. The average Bonchev–Trinajstić information content (AvgIpc) is 2.03. The zero-order valence-corrected chi connectivity index (χ0v) is 8.55. The van der Waals surface area contributed by atoms with Gasteiger partial charge in [0.15, 0.2) is 0 Å². The van der Waals surface area contributed by atoms with Crippen molar-refractivity contribution in [3.05, 3.63) is 29.6 Å². The van der Waals surface area contributed by atoms with Crippen LogP contribution in [-0.4, -0.2) is 4.98 Å². The van der Waals surface area contributed by atoms with Gasteiger partial charge in [-0.25, -0.2) is 0 Å². The fourth-order valence-corrected chi connectivity index (χ4v) is 0.857. The van der Waals surface area contributed by atoms with E-state index in [9.17, 15) is 13.2 Å². The van der Waals surface area contributed by atoms with Crippen molar-refractivity contribution in [2.24, 2.45) is 5.73 Å². The molecule has 0 atom stereocenters. The number of nitrogens with two attached hydrogens (primary N) is 1. The molecule has 1 rings (SSSR count). The molecule has 2 N–H and O–H groups in total. The van der Waals surface area contributed by atoms with Crippen LogP contribution in [-0.2, 0) is 12.7 Å². The molecule has 7 heteroatoms. The third-order valence-corrected chi connectivity index (χ3v) is 1.44. The number of aromatic nitrogens is 1. The Morgan fingerprint density at radius 1 is 1.29 bits per heavy atom.